The van der Waals surface area contributed by atoms with Crippen molar-refractivity contribution in [1.82, 2.24) is 0 Å². The second-order valence-corrected chi connectivity index (χ2v) is 7.58. The Kier molecular flexibility index (Phi) is 4.43. The zero-order valence-electron chi connectivity index (χ0n) is 16.2. The molecule has 5 rings (SSSR count). The SMILES string of the molecule is O=C(Oc1cccc2ccccc12)c1ccc(N2C(=O)C3CC=CCC3C2=O)cc1. The summed E-state index contributed by atoms with van der Waals surface area (Å²) in [5, 5.41) is 1.84. The molecule has 3 aromatic rings. The zero-order valence-corrected chi connectivity index (χ0v) is 16.2. The summed E-state index contributed by atoms with van der Waals surface area (Å²) in [5.74, 6) is -0.892. The number of fused-ring (bicyclic) bond motifs is 2. The highest BCUT2D eigenvalue weighted by atomic mass is 16.5. The molecule has 2 aliphatic rings. The Balaban J connectivity index is 1.37. The first-order valence-corrected chi connectivity index (χ1v) is 9.96. The summed E-state index contributed by atoms with van der Waals surface area (Å²) in [5.41, 5.74) is 0.839. The molecule has 1 saturated heterocycles. The molecule has 0 radical (unpaired) electrons. The van der Waals surface area contributed by atoms with E-state index >= 15 is 0 Å². The first kappa shape index (κ1) is 18.3. The van der Waals surface area contributed by atoms with Crippen LogP contribution >= 0.6 is 0 Å². The van der Waals surface area contributed by atoms with E-state index in [9.17, 15) is 14.4 Å². The molecule has 0 saturated carbocycles. The van der Waals surface area contributed by atoms with E-state index in [1.54, 1.807) is 30.3 Å². The van der Waals surface area contributed by atoms with Crippen molar-refractivity contribution in [3.05, 3.63) is 84.4 Å². The summed E-state index contributed by atoms with van der Waals surface area (Å²) in [6, 6.07) is 19.7. The molecular formula is C25H19NO4. The molecule has 3 aromatic carbocycles. The minimum absolute atomic E-state index is 0.166. The number of esters is 1. The Morgan fingerprint density at radius 2 is 1.43 bits per heavy atom. The van der Waals surface area contributed by atoms with Crippen LogP contribution in [0.1, 0.15) is 23.2 Å². The van der Waals surface area contributed by atoms with E-state index in [1.807, 2.05) is 48.6 Å². The van der Waals surface area contributed by atoms with Crippen LogP contribution in [-0.2, 0) is 9.59 Å². The third-order valence-corrected chi connectivity index (χ3v) is 5.82. The predicted molar refractivity (Wildman–Crippen MR) is 113 cm³/mol. The van der Waals surface area contributed by atoms with Gasteiger partial charge in [-0.05, 0) is 48.6 Å². The lowest BCUT2D eigenvalue weighted by Crippen LogP contribution is -2.30. The largest absolute Gasteiger partial charge is 0.422 e. The fraction of sp³-hybridized carbons (Fsp3) is 0.160. The van der Waals surface area contributed by atoms with E-state index < -0.39 is 5.97 Å². The molecule has 5 heteroatoms. The highest BCUT2D eigenvalue weighted by molar-refractivity contribution is 6.22. The number of anilines is 1. The smallest absolute Gasteiger partial charge is 0.343 e. The monoisotopic (exact) mass is 397 g/mol. The summed E-state index contributed by atoms with van der Waals surface area (Å²) in [6.07, 6.45) is 5.12. The van der Waals surface area contributed by atoms with Gasteiger partial charge in [0.25, 0.3) is 0 Å². The summed E-state index contributed by atoms with van der Waals surface area (Å²) in [4.78, 5) is 39.3. The molecule has 1 aliphatic carbocycles. The van der Waals surface area contributed by atoms with Crippen LogP contribution in [-0.4, -0.2) is 17.8 Å². The van der Waals surface area contributed by atoms with Crippen molar-refractivity contribution in [2.75, 3.05) is 4.90 Å². The molecule has 0 N–H and O–H groups in total. The van der Waals surface area contributed by atoms with Crippen molar-refractivity contribution >= 4 is 34.2 Å². The Bertz CT molecular complexity index is 1160. The van der Waals surface area contributed by atoms with Gasteiger partial charge in [-0.1, -0.05) is 48.6 Å². The van der Waals surface area contributed by atoms with E-state index in [-0.39, 0.29) is 23.7 Å². The van der Waals surface area contributed by atoms with Crippen LogP contribution in [0.4, 0.5) is 5.69 Å². The van der Waals surface area contributed by atoms with Crippen LogP contribution in [0.2, 0.25) is 0 Å². The Hall–Kier alpha value is -3.73. The number of rotatable bonds is 3. The van der Waals surface area contributed by atoms with E-state index in [2.05, 4.69) is 0 Å². The highest BCUT2D eigenvalue weighted by Gasteiger charge is 2.47. The third kappa shape index (κ3) is 2.99. The summed E-state index contributed by atoms with van der Waals surface area (Å²) in [6.45, 7) is 0. The number of carbonyl (C=O) groups excluding carboxylic acids is 3. The van der Waals surface area contributed by atoms with Crippen molar-refractivity contribution < 1.29 is 19.1 Å². The maximum Gasteiger partial charge on any atom is 0.343 e. The molecule has 2 unspecified atom stereocenters. The Morgan fingerprint density at radius 3 is 2.13 bits per heavy atom. The topological polar surface area (TPSA) is 63.7 Å². The fourth-order valence-electron chi connectivity index (χ4n) is 4.24. The van der Waals surface area contributed by atoms with Crippen LogP contribution in [0.5, 0.6) is 5.75 Å². The number of nitrogens with zero attached hydrogens (tertiary/aromatic N) is 1. The van der Waals surface area contributed by atoms with Gasteiger partial charge in [-0.15, -0.1) is 0 Å². The number of hydrogen-bond donors (Lipinski definition) is 0. The number of benzene rings is 3. The zero-order chi connectivity index (χ0) is 20.7. The Morgan fingerprint density at radius 1 is 0.800 bits per heavy atom. The summed E-state index contributed by atoms with van der Waals surface area (Å²) in [7, 11) is 0. The van der Waals surface area contributed by atoms with Crippen molar-refractivity contribution in [3.63, 3.8) is 0 Å². The van der Waals surface area contributed by atoms with E-state index in [0.717, 1.165) is 10.8 Å². The average Bonchev–Trinajstić information content (AvgIpc) is 3.04. The lowest BCUT2D eigenvalue weighted by Gasteiger charge is -2.15. The lowest BCUT2D eigenvalue weighted by molar-refractivity contribution is -0.122. The normalized spacial score (nSPS) is 20.5. The maximum atomic E-state index is 12.7. The molecule has 2 atom stereocenters. The first-order chi connectivity index (χ1) is 14.6. The molecule has 2 amide bonds. The van der Waals surface area contributed by atoms with Gasteiger partial charge < -0.3 is 4.74 Å². The number of hydrogen-bond acceptors (Lipinski definition) is 4. The van der Waals surface area contributed by atoms with Crippen molar-refractivity contribution in [3.8, 4) is 5.75 Å². The number of allylic oxidation sites excluding steroid dienone is 2. The third-order valence-electron chi connectivity index (χ3n) is 5.82. The molecule has 0 bridgehead atoms. The number of amides is 2. The van der Waals surface area contributed by atoms with E-state index in [4.69, 9.17) is 4.74 Å². The van der Waals surface area contributed by atoms with Crippen LogP contribution in [0, 0.1) is 11.8 Å². The number of imide groups is 1. The molecule has 1 aliphatic heterocycles. The molecule has 1 fully saturated rings. The van der Waals surface area contributed by atoms with Gasteiger partial charge in [-0.2, -0.15) is 0 Å². The lowest BCUT2D eigenvalue weighted by atomic mass is 9.85. The van der Waals surface area contributed by atoms with Crippen molar-refractivity contribution in [1.29, 1.82) is 0 Å². The summed E-state index contributed by atoms with van der Waals surface area (Å²) < 4.78 is 5.60. The molecule has 148 valence electrons. The van der Waals surface area contributed by atoms with E-state index in [1.165, 1.54) is 4.90 Å². The Labute approximate surface area is 173 Å². The van der Waals surface area contributed by atoms with Gasteiger partial charge in [-0.25, -0.2) is 4.79 Å². The van der Waals surface area contributed by atoms with Gasteiger partial charge in [-0.3, -0.25) is 14.5 Å². The minimum Gasteiger partial charge on any atom is -0.422 e. The molecule has 30 heavy (non-hydrogen) atoms. The van der Waals surface area contributed by atoms with Crippen LogP contribution in [0.3, 0.4) is 0 Å². The first-order valence-electron chi connectivity index (χ1n) is 9.96. The maximum absolute atomic E-state index is 12.7. The van der Waals surface area contributed by atoms with Crippen LogP contribution < -0.4 is 9.64 Å². The second-order valence-electron chi connectivity index (χ2n) is 7.58. The van der Waals surface area contributed by atoms with Crippen molar-refractivity contribution in [2.24, 2.45) is 11.8 Å². The quantitative estimate of drug-likeness (QED) is 0.282. The molecule has 1 heterocycles. The van der Waals surface area contributed by atoms with Gasteiger partial charge in [0.1, 0.15) is 5.75 Å². The molecule has 0 spiro atoms. The minimum atomic E-state index is -0.491. The van der Waals surface area contributed by atoms with Gasteiger partial charge in [0, 0.05) is 5.39 Å². The molecular weight excluding hydrogens is 378 g/mol. The molecule has 0 aromatic heterocycles. The van der Waals surface area contributed by atoms with Gasteiger partial charge in [0.15, 0.2) is 0 Å². The van der Waals surface area contributed by atoms with Gasteiger partial charge in [0.05, 0.1) is 23.1 Å². The summed E-state index contributed by atoms with van der Waals surface area (Å²) >= 11 is 0. The van der Waals surface area contributed by atoms with E-state index in [0.29, 0.717) is 29.8 Å². The van der Waals surface area contributed by atoms with Crippen molar-refractivity contribution in [2.45, 2.75) is 12.8 Å². The fourth-order valence-corrected chi connectivity index (χ4v) is 4.24. The highest BCUT2D eigenvalue weighted by Crippen LogP contribution is 2.37. The standard InChI is InChI=1S/C25H19NO4/c27-23-20-9-3-4-10-21(20)24(28)26(23)18-14-12-17(13-15-18)25(29)30-22-11-5-7-16-6-1-2-8-19(16)22/h1-8,11-15,20-21H,9-10H2. The number of ether oxygens (including phenoxy) is 1. The second kappa shape index (κ2) is 7.26. The van der Waals surface area contributed by atoms with Gasteiger partial charge in [0.2, 0.25) is 11.8 Å². The average molecular weight is 397 g/mol. The molecule has 5 nitrogen and oxygen atoms in total. The van der Waals surface area contributed by atoms with Crippen LogP contribution in [0.15, 0.2) is 78.9 Å². The predicted octanol–water partition coefficient (Wildman–Crippen LogP) is 4.51. The van der Waals surface area contributed by atoms with Gasteiger partial charge >= 0.3 is 5.97 Å². The van der Waals surface area contributed by atoms with Crippen LogP contribution in [0.25, 0.3) is 10.8 Å². The number of carbonyl (C=O) groups is 3.